The van der Waals surface area contributed by atoms with Crippen LogP contribution in [-0.2, 0) is 45.3 Å². The van der Waals surface area contributed by atoms with E-state index in [1.54, 1.807) is 46.6 Å². The first-order valence-corrected chi connectivity index (χ1v) is 10.2. The zero-order chi connectivity index (χ0) is 19.3. The van der Waals surface area contributed by atoms with E-state index < -0.39 is 27.2 Å². The van der Waals surface area contributed by atoms with Crippen molar-refractivity contribution in [2.24, 2.45) is 0 Å². The molecule has 0 saturated carbocycles. The summed E-state index contributed by atoms with van der Waals surface area (Å²) in [6, 6.07) is 3.70. The molecule has 0 fully saturated rings. The van der Waals surface area contributed by atoms with Gasteiger partial charge in [-0.3, -0.25) is 0 Å². The fraction of sp³-hybridized carbons (Fsp3) is 0. The fourth-order valence-electron chi connectivity index (χ4n) is 1.00. The average Bonchev–Trinajstić information content (AvgIpc) is 2.54. The molecule has 11 nitrogen and oxygen atoms in total. The van der Waals surface area contributed by atoms with E-state index >= 15 is 0 Å². The van der Waals surface area contributed by atoms with Crippen LogP contribution in [0, 0.1) is 0 Å². The van der Waals surface area contributed by atoms with Crippen molar-refractivity contribution in [2.75, 3.05) is 0 Å². The van der Waals surface area contributed by atoms with Gasteiger partial charge in [0.2, 0.25) is 0 Å². The molecular weight excluding hydrogens is 416 g/mol. The normalized spacial score (nSPS) is 10.3. The summed E-state index contributed by atoms with van der Waals surface area (Å²) >= 11 is -12.1. The molecule has 0 aromatic carbocycles. The van der Waals surface area contributed by atoms with Crippen LogP contribution in [0.3, 0.4) is 0 Å². The van der Waals surface area contributed by atoms with Gasteiger partial charge in [-0.2, -0.15) is 0 Å². The number of hydrogen-bond acceptors (Lipinski definition) is 9. The van der Waals surface area contributed by atoms with Crippen LogP contribution in [0.25, 0.3) is 12.4 Å². The maximum absolute atomic E-state index is 9.38. The maximum atomic E-state index is 9.38. The predicted molar refractivity (Wildman–Crippen MR) is 65.5 cm³/mol. The molecule has 2 aromatic rings. The summed E-state index contributed by atoms with van der Waals surface area (Å²) in [5.41, 5.74) is 0. The summed E-state index contributed by atoms with van der Waals surface area (Å²) in [7, 11) is 0. The van der Waals surface area contributed by atoms with Gasteiger partial charge in [0.15, 0.2) is 0 Å². The molecule has 25 heavy (non-hydrogen) atoms. The van der Waals surface area contributed by atoms with Crippen LogP contribution in [0.1, 0.15) is 0 Å². The van der Waals surface area contributed by atoms with Gasteiger partial charge in [0.25, 0.3) is 12.7 Å². The van der Waals surface area contributed by atoms with Gasteiger partial charge < -0.3 is 0 Å². The van der Waals surface area contributed by atoms with E-state index in [9.17, 15) is 23.5 Å². The Morgan fingerprint density at radius 2 is 1.20 bits per heavy atom. The number of aromatic nitrogens is 4. The number of rotatable bonds is 4. The third kappa shape index (κ3) is 15.1. The van der Waals surface area contributed by atoms with E-state index in [0.717, 1.165) is 0 Å². The summed E-state index contributed by atoms with van der Waals surface area (Å²) in [4.78, 5) is 7.69. The molecular formula is C12H14Cr2N4O7. The molecule has 2 rings (SSSR count). The van der Waals surface area contributed by atoms with Crippen molar-refractivity contribution in [3.05, 3.63) is 62.7 Å². The van der Waals surface area contributed by atoms with Gasteiger partial charge in [-0.05, 0) is 0 Å². The predicted octanol–water partition coefficient (Wildman–Crippen LogP) is -1.99. The van der Waals surface area contributed by atoms with Crippen LogP contribution in [0.2, 0.25) is 0 Å². The first-order chi connectivity index (χ1) is 11.6. The minimum atomic E-state index is -6.07. The molecule has 13 heteroatoms. The van der Waals surface area contributed by atoms with Gasteiger partial charge in [-0.1, -0.05) is 23.1 Å². The third-order valence-corrected chi connectivity index (χ3v) is 4.52. The van der Waals surface area contributed by atoms with Crippen LogP contribution in [0.15, 0.2) is 62.7 Å². The monoisotopic (exact) mass is 430 g/mol. The van der Waals surface area contributed by atoms with Crippen molar-refractivity contribution in [3.8, 4) is 0 Å². The van der Waals surface area contributed by atoms with Crippen LogP contribution >= 0.6 is 0 Å². The Labute approximate surface area is 148 Å². The number of nitrogens with zero attached hydrogens (tertiary/aromatic N) is 4. The first-order valence-electron chi connectivity index (χ1n) is 6.07. The molecule has 0 aliphatic heterocycles. The van der Waals surface area contributed by atoms with Gasteiger partial charge in [-0.15, -0.1) is 0 Å². The molecule has 2 heterocycles. The van der Waals surface area contributed by atoms with Crippen LogP contribution in [0.4, 0.5) is 0 Å². The zero-order valence-electron chi connectivity index (χ0n) is 12.7. The van der Waals surface area contributed by atoms with E-state index in [0.29, 0.717) is 0 Å². The van der Waals surface area contributed by atoms with E-state index in [2.05, 4.69) is 26.0 Å². The third-order valence-electron chi connectivity index (χ3n) is 1.85. The van der Waals surface area contributed by atoms with Crippen molar-refractivity contribution in [2.45, 2.75) is 0 Å². The summed E-state index contributed by atoms with van der Waals surface area (Å²) < 4.78 is 62.4. The van der Waals surface area contributed by atoms with E-state index in [1.807, 2.05) is 24.5 Å². The Hall–Kier alpha value is -2.22. The topological polar surface area (TPSA) is 157 Å². The van der Waals surface area contributed by atoms with Crippen molar-refractivity contribution >= 4 is 12.4 Å². The summed E-state index contributed by atoms with van der Waals surface area (Å²) in [6.07, 6.45) is 13.9. The molecule has 0 saturated heterocycles. The van der Waals surface area contributed by atoms with Crippen molar-refractivity contribution in [1.29, 1.82) is 0 Å². The fourth-order valence-corrected chi connectivity index (χ4v) is 2.63. The molecule has 0 bridgehead atoms. The Morgan fingerprint density at radius 3 is 1.32 bits per heavy atom. The van der Waals surface area contributed by atoms with Gasteiger partial charge in [0, 0.05) is 12.1 Å². The first kappa shape index (κ1) is 22.8. The molecule has 0 aliphatic rings. The molecule has 0 aliphatic carbocycles. The Kier molecular flexibility index (Phi) is 10.4. The van der Waals surface area contributed by atoms with Crippen molar-refractivity contribution < 1.29 is 62.7 Å². The van der Waals surface area contributed by atoms with Crippen LogP contribution in [0.5, 0.6) is 0 Å². The van der Waals surface area contributed by atoms with Gasteiger partial charge in [-0.25, -0.2) is 9.13 Å². The van der Waals surface area contributed by atoms with Crippen molar-refractivity contribution in [3.63, 3.8) is 0 Å². The second kappa shape index (κ2) is 11.4. The summed E-state index contributed by atoms with van der Waals surface area (Å²) in [5.74, 6) is 0. The van der Waals surface area contributed by atoms with E-state index in [-0.39, 0.29) is 0 Å². The Balaban J connectivity index is 0.000000346. The Bertz CT molecular complexity index is 783. The van der Waals surface area contributed by atoms with Crippen LogP contribution in [-0.4, -0.2) is 9.97 Å². The second-order valence-corrected chi connectivity index (χ2v) is 7.29. The number of hydrogen-bond donors (Lipinski definition) is 0. The molecule has 0 radical (unpaired) electrons. The molecule has 0 unspecified atom stereocenters. The second-order valence-electron chi connectivity index (χ2n) is 3.65. The molecule has 0 N–H and O–H groups in total. The molecule has 0 amide bonds. The van der Waals surface area contributed by atoms with Gasteiger partial charge >= 0.3 is 53.6 Å². The van der Waals surface area contributed by atoms with E-state index in [1.165, 1.54) is 0 Å². The molecule has 0 atom stereocenters. The van der Waals surface area contributed by atoms with E-state index in [4.69, 9.17) is 0 Å². The quantitative estimate of drug-likeness (QED) is 0.501. The average molecular weight is 430 g/mol. The van der Waals surface area contributed by atoms with Gasteiger partial charge in [0.05, 0.1) is 24.8 Å². The molecule has 0 spiro atoms. The van der Waals surface area contributed by atoms with Crippen molar-refractivity contribution in [1.82, 2.24) is 9.97 Å². The van der Waals surface area contributed by atoms with Crippen LogP contribution < -0.4 is 17.5 Å². The minimum absolute atomic E-state index is 1.69. The summed E-state index contributed by atoms with van der Waals surface area (Å²) in [6.45, 7) is 7.11. The SMILES string of the molecule is C=C[n+]1cccnc1.C=C[n+]1cccnc1.[O]=[Cr](=[O])([O-])[O][Cr](=[O])(=[O])[O-]. The summed E-state index contributed by atoms with van der Waals surface area (Å²) in [5, 5.41) is 0. The Morgan fingerprint density at radius 1 is 0.840 bits per heavy atom. The molecule has 2 aromatic heterocycles. The standard InChI is InChI=1S/2C6H7N2.2Cr.7O/c2*1-2-8-5-3-4-7-6-8;;;;;;;;;/h2*2-6H,1H2;;;;;;;;;/q2*+1;;;;;;;;2*-1. The molecule has 136 valence electrons. The zero-order valence-corrected chi connectivity index (χ0v) is 15.2. The van der Waals surface area contributed by atoms with Gasteiger partial charge in [0.1, 0.15) is 12.4 Å².